The minimum atomic E-state index is -0.434. The predicted octanol–water partition coefficient (Wildman–Crippen LogP) is 2.08. The number of nitrogens with one attached hydrogen (secondary N) is 1. The van der Waals surface area contributed by atoms with Crippen LogP contribution in [0.2, 0.25) is 0 Å². The summed E-state index contributed by atoms with van der Waals surface area (Å²) in [5.41, 5.74) is 2.66. The van der Waals surface area contributed by atoms with E-state index in [1.54, 1.807) is 18.5 Å². The Morgan fingerprint density at radius 3 is 2.83 bits per heavy atom. The number of fused-ring (bicyclic) bond motifs is 2. The molecule has 0 bridgehead atoms. The van der Waals surface area contributed by atoms with Gasteiger partial charge in [0, 0.05) is 30.5 Å². The van der Waals surface area contributed by atoms with Gasteiger partial charge < -0.3 is 14.6 Å². The number of rotatable bonds is 4. The van der Waals surface area contributed by atoms with E-state index in [-0.39, 0.29) is 31.0 Å². The van der Waals surface area contributed by atoms with Gasteiger partial charge in [-0.15, -0.1) is 0 Å². The molecule has 8 heteroatoms. The molecule has 0 saturated carbocycles. The third-order valence-corrected chi connectivity index (χ3v) is 5.29. The Hall–Kier alpha value is -3.42. The van der Waals surface area contributed by atoms with Gasteiger partial charge in [-0.25, -0.2) is 4.68 Å². The molecule has 0 spiro atoms. The number of ether oxygens (including phenoxy) is 1. The second-order valence-corrected chi connectivity index (χ2v) is 7.14. The van der Waals surface area contributed by atoms with E-state index in [9.17, 15) is 14.4 Å². The number of carbonyl (C=O) groups is 2. The molecule has 1 N–H and O–H groups in total. The number of pyridine rings is 1. The number of para-hydroxylation sites is 1. The van der Waals surface area contributed by atoms with Gasteiger partial charge in [-0.2, -0.15) is 5.10 Å². The average Bonchev–Trinajstić information content (AvgIpc) is 2.99. The van der Waals surface area contributed by atoms with Crippen LogP contribution in [0.25, 0.3) is 10.9 Å². The molecule has 1 aliphatic heterocycles. The second kappa shape index (κ2) is 7.20. The minimum Gasteiger partial charge on any atom is -0.465 e. The number of amides is 1. The molecule has 29 heavy (non-hydrogen) atoms. The van der Waals surface area contributed by atoms with E-state index in [2.05, 4.69) is 10.4 Å². The summed E-state index contributed by atoms with van der Waals surface area (Å²) >= 11 is 0. The highest BCUT2D eigenvalue weighted by atomic mass is 16.5. The Labute approximate surface area is 167 Å². The standard InChI is InChI=1S/C21H22N4O4/c1-4-29-18(27)11-25-20-19(12(2)23-25)14(10-17(26)22-20)15-9-13-7-5-6-8-16(13)24(3)21(15)28/h5-9,14H,4,10-11H2,1-3H3,(H,22,26). The third kappa shape index (κ3) is 3.20. The molecule has 2 aromatic heterocycles. The number of carbonyl (C=O) groups excluding carboxylic acids is 2. The smallest absolute Gasteiger partial charge is 0.327 e. The summed E-state index contributed by atoms with van der Waals surface area (Å²) in [6.07, 6.45) is 0.145. The molecule has 4 rings (SSSR count). The highest BCUT2D eigenvalue weighted by Gasteiger charge is 2.34. The van der Waals surface area contributed by atoms with E-state index < -0.39 is 11.9 Å². The summed E-state index contributed by atoms with van der Waals surface area (Å²) < 4.78 is 8.05. The quantitative estimate of drug-likeness (QED) is 0.684. The summed E-state index contributed by atoms with van der Waals surface area (Å²) in [5, 5.41) is 8.17. The van der Waals surface area contributed by atoms with Crippen LogP contribution < -0.4 is 10.9 Å². The Balaban J connectivity index is 1.86. The number of aryl methyl sites for hydroxylation is 2. The zero-order chi connectivity index (χ0) is 20.7. The largest absolute Gasteiger partial charge is 0.465 e. The zero-order valence-corrected chi connectivity index (χ0v) is 16.6. The fourth-order valence-corrected chi connectivity index (χ4v) is 4.02. The SMILES string of the molecule is CCOC(=O)Cn1nc(C)c2c1NC(=O)CC2c1cc2ccccc2n(C)c1=O. The molecule has 8 nitrogen and oxygen atoms in total. The summed E-state index contributed by atoms with van der Waals surface area (Å²) in [7, 11) is 1.73. The van der Waals surface area contributed by atoms with Crippen molar-refractivity contribution in [3.05, 3.63) is 57.5 Å². The molecule has 1 aliphatic rings. The molecule has 0 aliphatic carbocycles. The Morgan fingerprint density at radius 2 is 2.07 bits per heavy atom. The van der Waals surface area contributed by atoms with Crippen LogP contribution >= 0.6 is 0 Å². The number of esters is 1. The number of nitrogens with zero attached hydrogens (tertiary/aromatic N) is 3. The van der Waals surface area contributed by atoms with Crippen molar-refractivity contribution in [1.82, 2.24) is 14.3 Å². The number of hydrogen-bond donors (Lipinski definition) is 1. The van der Waals surface area contributed by atoms with Crippen molar-refractivity contribution in [3.63, 3.8) is 0 Å². The maximum absolute atomic E-state index is 13.1. The monoisotopic (exact) mass is 394 g/mol. The van der Waals surface area contributed by atoms with E-state index in [0.717, 1.165) is 16.5 Å². The van der Waals surface area contributed by atoms with Crippen molar-refractivity contribution in [2.45, 2.75) is 32.7 Å². The molecular formula is C21H22N4O4. The molecule has 0 radical (unpaired) electrons. The number of benzene rings is 1. The zero-order valence-electron chi connectivity index (χ0n) is 16.6. The molecule has 0 saturated heterocycles. The van der Waals surface area contributed by atoms with Crippen LogP contribution in [0.3, 0.4) is 0 Å². The van der Waals surface area contributed by atoms with E-state index >= 15 is 0 Å². The number of anilines is 1. The lowest BCUT2D eigenvalue weighted by Gasteiger charge is -2.24. The topological polar surface area (TPSA) is 95.2 Å². The Morgan fingerprint density at radius 1 is 1.31 bits per heavy atom. The van der Waals surface area contributed by atoms with Crippen molar-refractivity contribution < 1.29 is 14.3 Å². The lowest BCUT2D eigenvalue weighted by atomic mass is 9.86. The van der Waals surface area contributed by atoms with Crippen LogP contribution in [0, 0.1) is 6.92 Å². The lowest BCUT2D eigenvalue weighted by Crippen LogP contribution is -2.30. The van der Waals surface area contributed by atoms with Gasteiger partial charge in [-0.05, 0) is 31.4 Å². The summed E-state index contributed by atoms with van der Waals surface area (Å²) in [6, 6.07) is 9.49. The fourth-order valence-electron chi connectivity index (χ4n) is 4.02. The summed E-state index contributed by atoms with van der Waals surface area (Å²) in [4.78, 5) is 37.5. The van der Waals surface area contributed by atoms with Crippen LogP contribution in [0.4, 0.5) is 5.82 Å². The maximum Gasteiger partial charge on any atom is 0.327 e. The molecule has 3 aromatic rings. The van der Waals surface area contributed by atoms with Gasteiger partial charge in [0.25, 0.3) is 5.56 Å². The lowest BCUT2D eigenvalue weighted by molar-refractivity contribution is -0.144. The van der Waals surface area contributed by atoms with E-state index in [1.165, 1.54) is 4.68 Å². The van der Waals surface area contributed by atoms with Crippen LogP contribution in [-0.2, 0) is 27.9 Å². The predicted molar refractivity (Wildman–Crippen MR) is 108 cm³/mol. The third-order valence-electron chi connectivity index (χ3n) is 5.29. The summed E-state index contributed by atoms with van der Waals surface area (Å²) in [5.74, 6) is -0.636. The molecule has 1 atom stereocenters. The van der Waals surface area contributed by atoms with Crippen molar-refractivity contribution in [2.75, 3.05) is 11.9 Å². The minimum absolute atomic E-state index is 0.104. The first kappa shape index (κ1) is 18.9. The molecule has 1 unspecified atom stereocenters. The molecule has 150 valence electrons. The average molecular weight is 394 g/mol. The number of aromatic nitrogens is 3. The van der Waals surface area contributed by atoms with Gasteiger partial charge in [0.15, 0.2) is 0 Å². The first-order chi connectivity index (χ1) is 13.9. The van der Waals surface area contributed by atoms with Gasteiger partial charge in [-0.3, -0.25) is 14.4 Å². The van der Waals surface area contributed by atoms with E-state index in [0.29, 0.717) is 17.1 Å². The molecule has 3 heterocycles. The molecule has 0 fully saturated rings. The van der Waals surface area contributed by atoms with Crippen molar-refractivity contribution in [3.8, 4) is 0 Å². The van der Waals surface area contributed by atoms with Gasteiger partial charge in [0.05, 0.1) is 17.8 Å². The van der Waals surface area contributed by atoms with Gasteiger partial charge >= 0.3 is 5.97 Å². The van der Waals surface area contributed by atoms with Gasteiger partial charge in [0.1, 0.15) is 12.4 Å². The Bertz CT molecular complexity index is 1190. The van der Waals surface area contributed by atoms with Crippen LogP contribution in [0.5, 0.6) is 0 Å². The normalized spacial score (nSPS) is 15.8. The van der Waals surface area contributed by atoms with Crippen molar-refractivity contribution >= 4 is 28.6 Å². The van der Waals surface area contributed by atoms with Crippen LogP contribution in [0.1, 0.15) is 36.1 Å². The first-order valence-electron chi connectivity index (χ1n) is 9.52. The van der Waals surface area contributed by atoms with Gasteiger partial charge in [-0.1, -0.05) is 18.2 Å². The summed E-state index contributed by atoms with van der Waals surface area (Å²) in [6.45, 7) is 3.71. The molecular weight excluding hydrogens is 372 g/mol. The fraction of sp³-hybridized carbons (Fsp3) is 0.333. The van der Waals surface area contributed by atoms with Crippen molar-refractivity contribution in [2.24, 2.45) is 7.05 Å². The molecule has 1 aromatic carbocycles. The first-order valence-corrected chi connectivity index (χ1v) is 9.52. The Kier molecular flexibility index (Phi) is 4.70. The van der Waals surface area contributed by atoms with E-state index in [1.807, 2.05) is 37.3 Å². The second-order valence-electron chi connectivity index (χ2n) is 7.14. The molecule has 1 amide bonds. The van der Waals surface area contributed by atoms with Crippen molar-refractivity contribution in [1.29, 1.82) is 0 Å². The maximum atomic E-state index is 13.1. The van der Waals surface area contributed by atoms with Crippen LogP contribution in [0.15, 0.2) is 35.1 Å². The van der Waals surface area contributed by atoms with E-state index in [4.69, 9.17) is 4.74 Å². The highest BCUT2D eigenvalue weighted by Crippen LogP contribution is 2.38. The highest BCUT2D eigenvalue weighted by molar-refractivity contribution is 5.95. The van der Waals surface area contributed by atoms with Crippen LogP contribution in [-0.4, -0.2) is 32.8 Å². The van der Waals surface area contributed by atoms with Gasteiger partial charge in [0.2, 0.25) is 5.91 Å². The number of hydrogen-bond acceptors (Lipinski definition) is 5.